The van der Waals surface area contributed by atoms with Gasteiger partial charge in [0.1, 0.15) is 12.1 Å². The summed E-state index contributed by atoms with van der Waals surface area (Å²) in [4.78, 5) is 21.3. The Bertz CT molecular complexity index is 1570. The molecule has 1 unspecified atom stereocenters. The van der Waals surface area contributed by atoms with Crippen molar-refractivity contribution >= 4 is 28.3 Å². The molecule has 1 aliphatic heterocycles. The van der Waals surface area contributed by atoms with E-state index < -0.39 is 17.9 Å². The van der Waals surface area contributed by atoms with Crippen molar-refractivity contribution in [2.45, 2.75) is 11.8 Å². The largest absolute Gasteiger partial charge is 0.493 e. The quantitative estimate of drug-likeness (QED) is 0.281. The molecule has 2 amide bonds. The molecule has 10 nitrogen and oxygen atoms in total. The fourth-order valence-corrected chi connectivity index (χ4v) is 4.18. The van der Waals surface area contributed by atoms with Crippen molar-refractivity contribution in [3.8, 4) is 23.1 Å². The van der Waals surface area contributed by atoms with Crippen LogP contribution >= 0.6 is 0 Å². The maximum absolute atomic E-state index is 14.4. The Kier molecular flexibility index (Phi) is 6.94. The third-order valence-corrected chi connectivity index (χ3v) is 6.04. The lowest BCUT2D eigenvalue weighted by Crippen LogP contribution is -2.68. The molecule has 4 aromatic rings. The Hall–Kier alpha value is -5.20. The Morgan fingerprint density at radius 1 is 0.975 bits per heavy atom. The smallest absolute Gasteiger partial charge is 0.436 e. The van der Waals surface area contributed by atoms with Crippen molar-refractivity contribution in [2.75, 3.05) is 24.5 Å². The van der Waals surface area contributed by atoms with Crippen LogP contribution in [0.1, 0.15) is 0 Å². The van der Waals surface area contributed by atoms with Crippen molar-refractivity contribution in [2.24, 2.45) is 0 Å². The Morgan fingerprint density at radius 3 is 2.45 bits per heavy atom. The van der Waals surface area contributed by atoms with E-state index in [4.69, 9.17) is 14.2 Å². The van der Waals surface area contributed by atoms with Gasteiger partial charge in [0.2, 0.25) is 5.88 Å². The van der Waals surface area contributed by atoms with Gasteiger partial charge in [0.05, 0.1) is 30.8 Å². The van der Waals surface area contributed by atoms with Crippen molar-refractivity contribution in [1.29, 1.82) is 0 Å². The van der Waals surface area contributed by atoms with Gasteiger partial charge in [-0.15, -0.1) is 0 Å². The van der Waals surface area contributed by atoms with Crippen LogP contribution in [0.4, 0.5) is 29.3 Å². The number of carbonyl (C=O) groups is 1. The lowest BCUT2D eigenvalue weighted by molar-refractivity contribution is -0.177. The van der Waals surface area contributed by atoms with Gasteiger partial charge in [-0.2, -0.15) is 13.2 Å². The fourth-order valence-electron chi connectivity index (χ4n) is 4.18. The number of aromatic nitrogens is 2. The van der Waals surface area contributed by atoms with Gasteiger partial charge in [-0.3, -0.25) is 0 Å². The zero-order chi connectivity index (χ0) is 28.3. The standard InChI is InChI=1S/C27H23F3N6O4/c1-38-22-14-20-21(15-23(22)39-2)31-16-32-24(20)40-19-10-6-7-17(13-19)34-25(37)35-26(27(28,29)30)11-12-33-36(26)18-8-4-3-5-9-18/h3-16,33H,1-2H3,(H2,34,35,37). The average Bonchev–Trinajstić information content (AvgIpc) is 3.38. The predicted molar refractivity (Wildman–Crippen MR) is 141 cm³/mol. The van der Waals surface area contributed by atoms with Crippen LogP contribution in [0.15, 0.2) is 85.3 Å². The van der Waals surface area contributed by atoms with Crippen LogP contribution in [0, 0.1) is 0 Å². The number of fused-ring (bicyclic) bond motifs is 1. The molecule has 0 aliphatic carbocycles. The van der Waals surface area contributed by atoms with E-state index in [-0.39, 0.29) is 23.0 Å². The molecule has 2 heterocycles. The number of hydrazine groups is 1. The third kappa shape index (κ3) is 4.96. The van der Waals surface area contributed by atoms with Crippen LogP contribution in [0.5, 0.6) is 23.1 Å². The molecule has 0 saturated carbocycles. The van der Waals surface area contributed by atoms with Crippen LogP contribution in [-0.4, -0.2) is 42.1 Å². The van der Waals surface area contributed by atoms with Gasteiger partial charge in [0.25, 0.3) is 5.66 Å². The number of rotatable bonds is 7. The highest BCUT2D eigenvalue weighted by Crippen LogP contribution is 2.39. The van der Waals surface area contributed by atoms with E-state index in [1.54, 1.807) is 42.5 Å². The summed E-state index contributed by atoms with van der Waals surface area (Å²) in [7, 11) is 3.00. The van der Waals surface area contributed by atoms with Gasteiger partial charge in [0.15, 0.2) is 11.5 Å². The molecule has 0 saturated heterocycles. The van der Waals surface area contributed by atoms with Gasteiger partial charge in [-0.25, -0.2) is 19.8 Å². The first kappa shape index (κ1) is 26.4. The highest BCUT2D eigenvalue weighted by molar-refractivity contribution is 5.91. The molecule has 1 aromatic heterocycles. The predicted octanol–water partition coefficient (Wildman–Crippen LogP) is 5.36. The number of nitrogens with one attached hydrogen (secondary N) is 3. The number of methoxy groups -OCH3 is 2. The zero-order valence-electron chi connectivity index (χ0n) is 21.2. The summed E-state index contributed by atoms with van der Waals surface area (Å²) >= 11 is 0. The molecule has 5 rings (SSSR count). The fraction of sp³-hybridized carbons (Fsp3) is 0.148. The second-order valence-electron chi connectivity index (χ2n) is 8.51. The molecule has 0 fully saturated rings. The number of urea groups is 1. The first-order valence-electron chi connectivity index (χ1n) is 11.8. The van der Waals surface area contributed by atoms with Crippen LogP contribution in [0.2, 0.25) is 0 Å². The number of nitrogens with zero attached hydrogens (tertiary/aromatic N) is 3. The van der Waals surface area contributed by atoms with Crippen molar-refractivity contribution in [3.63, 3.8) is 0 Å². The van der Waals surface area contributed by atoms with Crippen LogP contribution in [-0.2, 0) is 0 Å². The summed E-state index contributed by atoms with van der Waals surface area (Å²) in [5.74, 6) is 1.39. The van der Waals surface area contributed by atoms with Crippen molar-refractivity contribution in [3.05, 3.63) is 85.3 Å². The van der Waals surface area contributed by atoms with E-state index in [1.165, 1.54) is 44.8 Å². The summed E-state index contributed by atoms with van der Waals surface area (Å²) in [6, 6.07) is 16.2. The topological polar surface area (TPSA) is 110 Å². The Labute approximate surface area is 226 Å². The highest BCUT2D eigenvalue weighted by atomic mass is 19.4. The number of amides is 2. The molecule has 1 aliphatic rings. The summed E-state index contributed by atoms with van der Waals surface area (Å²) in [6.07, 6.45) is -1.60. The zero-order valence-corrected chi connectivity index (χ0v) is 21.2. The number of para-hydroxylation sites is 1. The minimum atomic E-state index is -4.87. The summed E-state index contributed by atoms with van der Waals surface area (Å²) < 4.78 is 59.7. The second kappa shape index (κ2) is 10.5. The van der Waals surface area contributed by atoms with E-state index in [1.807, 2.05) is 0 Å². The van der Waals surface area contributed by atoms with E-state index >= 15 is 0 Å². The number of hydrogen-bond donors (Lipinski definition) is 3. The molecular weight excluding hydrogens is 529 g/mol. The number of ether oxygens (including phenoxy) is 3. The van der Waals surface area contributed by atoms with Crippen molar-refractivity contribution < 1.29 is 32.2 Å². The average molecular weight is 553 g/mol. The van der Waals surface area contributed by atoms with Gasteiger partial charge in [0, 0.05) is 24.0 Å². The number of alkyl halides is 3. The van der Waals surface area contributed by atoms with E-state index in [0.29, 0.717) is 22.4 Å². The van der Waals surface area contributed by atoms with E-state index in [2.05, 4.69) is 26.0 Å². The number of benzene rings is 3. The monoisotopic (exact) mass is 552 g/mol. The number of anilines is 2. The third-order valence-electron chi connectivity index (χ3n) is 6.04. The Morgan fingerprint density at radius 2 is 1.73 bits per heavy atom. The normalized spacial score (nSPS) is 16.4. The Balaban J connectivity index is 1.37. The molecule has 206 valence electrons. The van der Waals surface area contributed by atoms with Gasteiger partial charge in [-0.1, -0.05) is 24.3 Å². The van der Waals surface area contributed by atoms with Crippen LogP contribution in [0.25, 0.3) is 10.9 Å². The first-order valence-corrected chi connectivity index (χ1v) is 11.8. The number of hydrogen-bond acceptors (Lipinski definition) is 8. The second-order valence-corrected chi connectivity index (χ2v) is 8.51. The van der Waals surface area contributed by atoms with Gasteiger partial charge < -0.3 is 30.3 Å². The van der Waals surface area contributed by atoms with Crippen LogP contribution < -0.4 is 35.3 Å². The van der Waals surface area contributed by atoms with E-state index in [9.17, 15) is 18.0 Å². The molecule has 0 bridgehead atoms. The molecule has 3 aromatic carbocycles. The summed E-state index contributed by atoms with van der Waals surface area (Å²) in [5.41, 5.74) is 0.631. The lowest BCUT2D eigenvalue weighted by atomic mass is 10.1. The SMILES string of the molecule is COc1cc2ncnc(Oc3cccc(NC(=O)NC4(C(F)(F)F)C=CNN4c4ccccc4)c3)c2cc1OC. The first-order chi connectivity index (χ1) is 19.2. The number of halogens is 3. The lowest BCUT2D eigenvalue weighted by Gasteiger charge is -2.40. The molecule has 0 spiro atoms. The highest BCUT2D eigenvalue weighted by Gasteiger charge is 2.61. The number of carbonyl (C=O) groups excluding carboxylic acids is 1. The maximum atomic E-state index is 14.4. The van der Waals surface area contributed by atoms with Crippen LogP contribution in [0.3, 0.4) is 0 Å². The minimum Gasteiger partial charge on any atom is -0.493 e. The minimum absolute atomic E-state index is 0.186. The summed E-state index contributed by atoms with van der Waals surface area (Å²) in [6.45, 7) is 0. The molecule has 3 N–H and O–H groups in total. The molecular formula is C27H23F3N6O4. The van der Waals surface area contributed by atoms with Crippen molar-refractivity contribution in [1.82, 2.24) is 20.7 Å². The molecule has 40 heavy (non-hydrogen) atoms. The maximum Gasteiger partial charge on any atom is 0.436 e. The van der Waals surface area contributed by atoms with Gasteiger partial charge >= 0.3 is 12.2 Å². The molecule has 1 atom stereocenters. The molecule has 13 heteroatoms. The van der Waals surface area contributed by atoms with Gasteiger partial charge in [-0.05, 0) is 36.4 Å². The van der Waals surface area contributed by atoms with E-state index in [0.717, 1.165) is 17.3 Å². The molecule has 0 radical (unpaired) electrons. The summed E-state index contributed by atoms with van der Waals surface area (Å²) in [5, 5.41) is 5.87.